The van der Waals surface area contributed by atoms with Crippen molar-refractivity contribution in [1.82, 2.24) is 20.0 Å². The fourth-order valence-electron chi connectivity index (χ4n) is 4.74. The molecule has 2 aliphatic rings. The molecule has 2 atom stereocenters. The van der Waals surface area contributed by atoms with Crippen LogP contribution in [0.2, 0.25) is 0 Å². The molecule has 0 radical (unpaired) electrons. The highest BCUT2D eigenvalue weighted by Crippen LogP contribution is 2.18. The molecule has 0 aliphatic carbocycles. The van der Waals surface area contributed by atoms with Gasteiger partial charge in [0, 0.05) is 39.1 Å². The van der Waals surface area contributed by atoms with E-state index in [9.17, 15) is 19.2 Å². The van der Waals surface area contributed by atoms with Gasteiger partial charge in [-0.05, 0) is 72.2 Å². The van der Waals surface area contributed by atoms with Crippen molar-refractivity contribution in [2.45, 2.75) is 77.7 Å². The normalized spacial score (nSPS) is 18.3. The maximum absolute atomic E-state index is 12.4. The molecule has 1 aromatic carbocycles. The van der Waals surface area contributed by atoms with Crippen molar-refractivity contribution in [2.24, 2.45) is 0 Å². The zero-order valence-corrected chi connectivity index (χ0v) is 27.1. The largest absolute Gasteiger partial charge is 0.490 e. The van der Waals surface area contributed by atoms with E-state index < -0.39 is 29.3 Å². The molecule has 13 heteroatoms. The molecular weight excluding hydrogens is 572 g/mol. The van der Waals surface area contributed by atoms with Crippen LogP contribution in [0.5, 0.6) is 5.75 Å². The number of alkyl carbamates (subject to hydrolysis) is 1. The van der Waals surface area contributed by atoms with E-state index in [0.29, 0.717) is 31.9 Å². The molecule has 0 spiro atoms. The van der Waals surface area contributed by atoms with Crippen LogP contribution in [0, 0.1) is 0 Å². The van der Waals surface area contributed by atoms with Crippen LogP contribution in [0.1, 0.15) is 53.5 Å². The predicted octanol–water partition coefficient (Wildman–Crippen LogP) is 3.44. The Morgan fingerprint density at radius 1 is 0.955 bits per heavy atom. The average Bonchev–Trinajstić information content (AvgIpc) is 3.29. The molecule has 1 N–H and O–H groups in total. The van der Waals surface area contributed by atoms with Crippen molar-refractivity contribution in [3.05, 3.63) is 29.8 Å². The van der Waals surface area contributed by atoms with Crippen molar-refractivity contribution in [2.75, 3.05) is 59.5 Å². The molecule has 2 heterocycles. The highest BCUT2D eigenvalue weighted by Gasteiger charge is 2.32. The third-order valence-electron chi connectivity index (χ3n) is 6.85. The number of cyclic esters (lactones) is 1. The molecule has 1 aromatic rings. The lowest BCUT2D eigenvalue weighted by molar-refractivity contribution is -0.143. The number of esters is 1. The minimum absolute atomic E-state index is 0.208. The summed E-state index contributed by atoms with van der Waals surface area (Å²) in [6.07, 6.45) is -0.712. The number of nitrogens with one attached hydrogen (secondary N) is 1. The molecule has 2 fully saturated rings. The van der Waals surface area contributed by atoms with Crippen LogP contribution < -0.4 is 10.1 Å². The van der Waals surface area contributed by atoms with E-state index in [1.807, 2.05) is 20.8 Å². The molecule has 246 valence electrons. The Labute approximate surface area is 260 Å². The molecule has 0 saturated carbocycles. The number of carbonyl (C=O) groups is 4. The first-order valence-corrected chi connectivity index (χ1v) is 15.1. The standard InChI is InChI=1S/C31H48N4O9/c1-30(2,3)43-27(37)32-25(26(36)40-7)19-22-9-11-23(12-10-22)41-21-24-20-35(28(38)42-24)14-8-13-33-15-17-34(18-16-33)29(39)44-31(4,5)6/h9-12,24-25H,8,13-21H2,1-7H3,(H,32,37). The van der Waals surface area contributed by atoms with E-state index in [1.165, 1.54) is 7.11 Å². The lowest BCUT2D eigenvalue weighted by Crippen LogP contribution is -2.50. The molecule has 3 amide bonds. The Balaban J connectivity index is 1.37. The lowest BCUT2D eigenvalue weighted by Gasteiger charge is -2.35. The highest BCUT2D eigenvalue weighted by atomic mass is 16.6. The van der Waals surface area contributed by atoms with Gasteiger partial charge < -0.3 is 38.8 Å². The highest BCUT2D eigenvalue weighted by molar-refractivity contribution is 5.81. The summed E-state index contributed by atoms with van der Waals surface area (Å²) in [5, 5.41) is 2.56. The van der Waals surface area contributed by atoms with Gasteiger partial charge in [-0.15, -0.1) is 0 Å². The molecule has 0 bridgehead atoms. The van der Waals surface area contributed by atoms with Crippen molar-refractivity contribution in [3.8, 4) is 5.75 Å². The van der Waals surface area contributed by atoms with Gasteiger partial charge in [-0.1, -0.05) is 12.1 Å². The number of amides is 3. The minimum Gasteiger partial charge on any atom is -0.490 e. The zero-order valence-electron chi connectivity index (χ0n) is 27.1. The lowest BCUT2D eigenvalue weighted by atomic mass is 10.1. The zero-order chi connectivity index (χ0) is 32.5. The summed E-state index contributed by atoms with van der Waals surface area (Å²) >= 11 is 0. The van der Waals surface area contributed by atoms with E-state index in [-0.39, 0.29) is 31.3 Å². The minimum atomic E-state index is -0.910. The van der Waals surface area contributed by atoms with Crippen LogP contribution in [0.4, 0.5) is 14.4 Å². The van der Waals surface area contributed by atoms with Crippen LogP contribution in [-0.4, -0.2) is 122 Å². The Hall–Kier alpha value is -3.74. The van der Waals surface area contributed by atoms with E-state index >= 15 is 0 Å². The summed E-state index contributed by atoms with van der Waals surface area (Å²) < 4.78 is 26.9. The van der Waals surface area contributed by atoms with Crippen LogP contribution in [0.3, 0.4) is 0 Å². The molecule has 13 nitrogen and oxygen atoms in total. The number of hydrogen-bond donors (Lipinski definition) is 1. The van der Waals surface area contributed by atoms with Gasteiger partial charge in [-0.2, -0.15) is 0 Å². The van der Waals surface area contributed by atoms with Gasteiger partial charge in [0.2, 0.25) is 0 Å². The number of rotatable bonds is 11. The van der Waals surface area contributed by atoms with Crippen molar-refractivity contribution >= 4 is 24.2 Å². The first-order chi connectivity index (χ1) is 20.6. The Morgan fingerprint density at radius 3 is 2.18 bits per heavy atom. The quantitative estimate of drug-likeness (QED) is 0.289. The first kappa shape index (κ1) is 34.7. The number of hydrogen-bond acceptors (Lipinski definition) is 10. The van der Waals surface area contributed by atoms with Gasteiger partial charge >= 0.3 is 24.2 Å². The van der Waals surface area contributed by atoms with E-state index in [1.54, 1.807) is 54.8 Å². The number of nitrogens with zero attached hydrogens (tertiary/aromatic N) is 3. The van der Waals surface area contributed by atoms with Gasteiger partial charge in [0.15, 0.2) is 6.10 Å². The van der Waals surface area contributed by atoms with Crippen molar-refractivity contribution in [1.29, 1.82) is 0 Å². The van der Waals surface area contributed by atoms with Crippen molar-refractivity contribution < 1.29 is 42.9 Å². The fraction of sp³-hybridized carbons (Fsp3) is 0.677. The summed E-state index contributed by atoms with van der Waals surface area (Å²) in [4.78, 5) is 54.8. The van der Waals surface area contributed by atoms with E-state index in [2.05, 4.69) is 10.2 Å². The summed E-state index contributed by atoms with van der Waals surface area (Å²) in [5.41, 5.74) is -0.420. The van der Waals surface area contributed by atoms with Crippen LogP contribution in [0.15, 0.2) is 24.3 Å². The van der Waals surface area contributed by atoms with E-state index in [0.717, 1.165) is 31.6 Å². The van der Waals surface area contributed by atoms with Crippen LogP contribution >= 0.6 is 0 Å². The number of benzene rings is 1. The maximum Gasteiger partial charge on any atom is 0.410 e. The SMILES string of the molecule is COC(=O)C(Cc1ccc(OCC2CN(CCCN3CCN(C(=O)OC(C)(C)C)CC3)C(=O)O2)cc1)NC(=O)OC(C)(C)C. The van der Waals surface area contributed by atoms with Gasteiger partial charge in [0.25, 0.3) is 0 Å². The van der Waals surface area contributed by atoms with Gasteiger partial charge in [0.1, 0.15) is 29.6 Å². The predicted molar refractivity (Wildman–Crippen MR) is 162 cm³/mol. The van der Waals surface area contributed by atoms with Crippen molar-refractivity contribution in [3.63, 3.8) is 0 Å². The van der Waals surface area contributed by atoms with Gasteiger partial charge in [-0.25, -0.2) is 19.2 Å². The smallest absolute Gasteiger partial charge is 0.410 e. The molecule has 2 unspecified atom stereocenters. The summed E-state index contributed by atoms with van der Waals surface area (Å²) in [5.74, 6) is 0.00746. The number of carbonyl (C=O) groups excluding carboxylic acids is 4. The third-order valence-corrected chi connectivity index (χ3v) is 6.85. The summed E-state index contributed by atoms with van der Waals surface area (Å²) in [7, 11) is 1.26. The van der Waals surface area contributed by atoms with Gasteiger partial charge in [0.05, 0.1) is 13.7 Å². The molecule has 3 rings (SSSR count). The monoisotopic (exact) mass is 620 g/mol. The third kappa shape index (κ3) is 11.7. The van der Waals surface area contributed by atoms with Crippen LogP contribution in [-0.2, 0) is 30.2 Å². The Morgan fingerprint density at radius 2 is 1.59 bits per heavy atom. The Kier molecular flexibility index (Phi) is 12.1. The first-order valence-electron chi connectivity index (χ1n) is 15.1. The Bertz CT molecular complexity index is 1120. The average molecular weight is 621 g/mol. The second kappa shape index (κ2) is 15.3. The fourth-order valence-corrected chi connectivity index (χ4v) is 4.74. The number of piperazine rings is 1. The topological polar surface area (TPSA) is 136 Å². The molecule has 2 saturated heterocycles. The van der Waals surface area contributed by atoms with Crippen LogP contribution in [0.25, 0.3) is 0 Å². The summed E-state index contributed by atoms with van der Waals surface area (Å²) in [6, 6.07) is 6.19. The second-order valence-electron chi connectivity index (χ2n) is 13.0. The molecule has 44 heavy (non-hydrogen) atoms. The molecular formula is C31H48N4O9. The molecule has 2 aliphatic heterocycles. The van der Waals surface area contributed by atoms with E-state index in [4.69, 9.17) is 23.7 Å². The summed E-state index contributed by atoms with van der Waals surface area (Å²) in [6.45, 7) is 15.6. The number of ether oxygens (including phenoxy) is 5. The second-order valence-corrected chi connectivity index (χ2v) is 13.0. The number of methoxy groups -OCH3 is 1. The molecule has 0 aromatic heterocycles. The van der Waals surface area contributed by atoms with Gasteiger partial charge in [-0.3, -0.25) is 4.90 Å². The maximum atomic E-state index is 12.4.